The number of furan rings is 1. The van der Waals surface area contributed by atoms with Gasteiger partial charge in [0.2, 0.25) is 0 Å². The molecule has 0 amide bonds. The number of para-hydroxylation sites is 1. The van der Waals surface area contributed by atoms with E-state index in [1.54, 1.807) is 17.0 Å². The number of fused-ring (bicyclic) bond motifs is 4. The van der Waals surface area contributed by atoms with Crippen molar-refractivity contribution in [3.8, 4) is 44.5 Å². The van der Waals surface area contributed by atoms with E-state index in [-0.39, 0.29) is 5.69 Å². The van der Waals surface area contributed by atoms with E-state index in [1.165, 1.54) is 0 Å². The van der Waals surface area contributed by atoms with Gasteiger partial charge in [-0.1, -0.05) is 157 Å². The summed E-state index contributed by atoms with van der Waals surface area (Å²) in [5, 5.41) is 0.536. The first-order valence-corrected chi connectivity index (χ1v) is 17.2. The maximum absolute atomic E-state index is 9.72. The fourth-order valence-corrected chi connectivity index (χ4v) is 6.79. The number of nitrogens with zero attached hydrogens (tertiary/aromatic N) is 1. The summed E-state index contributed by atoms with van der Waals surface area (Å²) in [6.07, 6.45) is 0. The van der Waals surface area contributed by atoms with Crippen LogP contribution in [0.25, 0.3) is 77.2 Å². The zero-order valence-corrected chi connectivity index (χ0v) is 28.4. The van der Waals surface area contributed by atoms with Crippen LogP contribution in [0, 0.1) is 0 Å². The molecule has 0 unspecified atom stereocenters. The van der Waals surface area contributed by atoms with Crippen molar-refractivity contribution in [1.29, 1.82) is 0 Å². The molecule has 0 aliphatic rings. The van der Waals surface area contributed by atoms with Crippen LogP contribution in [0.4, 0.5) is 17.1 Å². The van der Waals surface area contributed by atoms with E-state index in [4.69, 9.17) is 15.4 Å². The zero-order chi connectivity index (χ0) is 48.9. The van der Waals surface area contributed by atoms with Gasteiger partial charge in [0.05, 0.1) is 20.6 Å². The molecule has 54 heavy (non-hydrogen) atoms. The predicted molar refractivity (Wildman–Crippen MR) is 228 cm³/mol. The minimum Gasteiger partial charge on any atom is -0.456 e. The van der Waals surface area contributed by atoms with Crippen LogP contribution >= 0.6 is 0 Å². The highest BCUT2D eigenvalue weighted by Gasteiger charge is 2.18. The monoisotopic (exact) mass is 704 g/mol. The van der Waals surface area contributed by atoms with Gasteiger partial charge in [0.15, 0.2) is 0 Å². The molecule has 0 atom stereocenters. The average molecular weight is 705 g/mol. The van der Waals surface area contributed by atoms with Gasteiger partial charge < -0.3 is 9.32 Å². The van der Waals surface area contributed by atoms with Crippen molar-refractivity contribution in [2.45, 2.75) is 0 Å². The van der Waals surface area contributed by atoms with Gasteiger partial charge in [-0.3, -0.25) is 0 Å². The lowest BCUT2D eigenvalue weighted by atomic mass is 9.93. The van der Waals surface area contributed by atoms with Crippen LogP contribution in [0.5, 0.6) is 0 Å². The van der Waals surface area contributed by atoms with Gasteiger partial charge in [-0.25, -0.2) is 0 Å². The van der Waals surface area contributed by atoms with Gasteiger partial charge in [-0.15, -0.1) is 0 Å². The molecular weight excluding hydrogens is 655 g/mol. The smallest absolute Gasteiger partial charge is 0.135 e. The minimum absolute atomic E-state index is 0.186. The second-order valence-electron chi connectivity index (χ2n) is 12.5. The van der Waals surface area contributed by atoms with Crippen molar-refractivity contribution >= 4 is 49.8 Å². The number of rotatable bonds is 7. The van der Waals surface area contributed by atoms with E-state index < -0.39 is 124 Å². The molecule has 10 aromatic rings. The number of hydrogen-bond acceptors (Lipinski definition) is 2. The van der Waals surface area contributed by atoms with Crippen molar-refractivity contribution in [3.05, 3.63) is 212 Å². The Balaban J connectivity index is 1.25. The summed E-state index contributed by atoms with van der Waals surface area (Å²) in [6.45, 7) is 0. The fraction of sp³-hybridized carbons (Fsp3) is 0. The first-order valence-electron chi connectivity index (χ1n) is 24.7. The highest BCUT2D eigenvalue weighted by Crippen LogP contribution is 2.43. The summed E-state index contributed by atoms with van der Waals surface area (Å²) in [5.41, 5.74) is 3.25. The highest BCUT2D eigenvalue weighted by atomic mass is 16.3. The van der Waals surface area contributed by atoms with Crippen molar-refractivity contribution in [1.82, 2.24) is 0 Å². The molecule has 0 radical (unpaired) electrons. The lowest BCUT2D eigenvalue weighted by molar-refractivity contribution is 0.669. The molecule has 0 spiro atoms. The number of hydrogen-bond donors (Lipinski definition) is 0. The average Bonchev–Trinajstić information content (AvgIpc) is 3.74. The Kier molecular flexibility index (Phi) is 4.88. The van der Waals surface area contributed by atoms with Crippen LogP contribution in [-0.4, -0.2) is 0 Å². The van der Waals surface area contributed by atoms with Gasteiger partial charge in [0.1, 0.15) is 11.2 Å². The Labute approximate surface area is 335 Å². The lowest BCUT2D eigenvalue weighted by Crippen LogP contribution is -2.10. The van der Waals surface area contributed by atoms with E-state index >= 15 is 0 Å². The second kappa shape index (κ2) is 13.4. The second-order valence-corrected chi connectivity index (χ2v) is 12.5. The van der Waals surface area contributed by atoms with Crippen molar-refractivity contribution in [2.24, 2.45) is 0 Å². The Morgan fingerprint density at radius 3 is 1.83 bits per heavy atom. The third-order valence-corrected chi connectivity index (χ3v) is 9.32. The zero-order valence-electron chi connectivity index (χ0n) is 43.4. The highest BCUT2D eigenvalue weighted by molar-refractivity contribution is 6.07. The first-order chi connectivity index (χ1) is 33.0. The van der Waals surface area contributed by atoms with Gasteiger partial charge in [0.25, 0.3) is 0 Å². The third kappa shape index (κ3) is 5.71. The van der Waals surface area contributed by atoms with Crippen molar-refractivity contribution in [3.63, 3.8) is 0 Å². The Hall–Kier alpha value is -7.16. The molecule has 0 aliphatic heterocycles. The van der Waals surface area contributed by atoms with Gasteiger partial charge in [0, 0.05) is 27.8 Å². The summed E-state index contributed by atoms with van der Waals surface area (Å²) < 4.78 is 141. The molecule has 9 aromatic carbocycles. The van der Waals surface area contributed by atoms with Crippen LogP contribution in [-0.2, 0) is 0 Å². The van der Waals surface area contributed by atoms with Gasteiger partial charge in [-0.05, 0) is 110 Å². The molecule has 0 fully saturated rings. The molecule has 254 valence electrons. The SMILES string of the molecule is [2H]c1c([2H])c([2H])c(-c2c([2H])c([2H])c([2H])c3c([2H])c(-c4c([2H])c([2H])c(N(c5ccc(-c6ccccc6)c(-c6ccccc6)c5)c5ccc6oc7ccccc7c6c5)c([2H])c4[2H])c([2H])c([2H])c23)c([2H])c1[2H]. The van der Waals surface area contributed by atoms with Crippen LogP contribution in [0.2, 0.25) is 0 Å². The van der Waals surface area contributed by atoms with Crippen LogP contribution in [0.3, 0.4) is 0 Å². The lowest BCUT2D eigenvalue weighted by Gasteiger charge is -2.27. The molecule has 0 N–H and O–H groups in total. The molecule has 0 aliphatic carbocycles. The molecule has 0 saturated heterocycles. The summed E-state index contributed by atoms with van der Waals surface area (Å²) >= 11 is 0. The summed E-state index contributed by atoms with van der Waals surface area (Å²) in [5.74, 6) is 0. The summed E-state index contributed by atoms with van der Waals surface area (Å²) in [6, 6.07) is 27.0. The molecule has 1 heterocycles. The molecule has 2 nitrogen and oxygen atoms in total. The topological polar surface area (TPSA) is 16.4 Å². The van der Waals surface area contributed by atoms with Crippen molar-refractivity contribution < 1.29 is 25.0 Å². The Morgan fingerprint density at radius 2 is 1.04 bits per heavy atom. The quantitative estimate of drug-likeness (QED) is 0.164. The predicted octanol–water partition coefficient (Wildman–Crippen LogP) is 14.9. The Morgan fingerprint density at radius 1 is 0.370 bits per heavy atom. The van der Waals surface area contributed by atoms with E-state index in [1.807, 2.05) is 109 Å². The largest absolute Gasteiger partial charge is 0.456 e. The van der Waals surface area contributed by atoms with Crippen LogP contribution in [0.1, 0.15) is 20.6 Å². The van der Waals surface area contributed by atoms with E-state index in [0.29, 0.717) is 22.5 Å². The van der Waals surface area contributed by atoms with E-state index in [2.05, 4.69) is 0 Å². The van der Waals surface area contributed by atoms with E-state index in [9.17, 15) is 9.60 Å². The summed E-state index contributed by atoms with van der Waals surface area (Å²) in [7, 11) is 0. The molecule has 1 aromatic heterocycles. The third-order valence-electron chi connectivity index (χ3n) is 9.32. The summed E-state index contributed by atoms with van der Waals surface area (Å²) in [4.78, 5) is 1.61. The first kappa shape index (κ1) is 19.6. The van der Waals surface area contributed by atoms with Crippen LogP contribution in [0.15, 0.2) is 216 Å². The fourth-order valence-electron chi connectivity index (χ4n) is 6.79. The minimum atomic E-state index is -0.804. The standard InChI is InChI=1S/C52H35NO/c1-4-13-37(14-5-1)45-21-12-19-41-33-40(25-30-47(41)45)36-23-26-42(27-24-36)53(44-29-32-52-50(35-44)48-20-10-11-22-51(48)54-52)43-28-31-46(38-15-6-2-7-16-38)49(34-43)39-17-8-3-9-18-39/h1-35H/i1D,4D,5D,12D,13D,14D,19D,21D,23D,24D,25D,26D,27D,30D,33D. The molecule has 10 rings (SSSR count). The molecule has 0 saturated carbocycles. The van der Waals surface area contributed by atoms with Gasteiger partial charge in [-0.2, -0.15) is 0 Å². The molecule has 2 heteroatoms. The maximum Gasteiger partial charge on any atom is 0.135 e. The normalized spacial score (nSPS) is 15.2. The van der Waals surface area contributed by atoms with Crippen molar-refractivity contribution in [2.75, 3.05) is 4.90 Å². The van der Waals surface area contributed by atoms with Crippen LogP contribution < -0.4 is 4.90 Å². The number of anilines is 3. The van der Waals surface area contributed by atoms with E-state index in [0.717, 1.165) is 33.0 Å². The molecular formula is C52H35NO. The number of benzene rings is 9. The van der Waals surface area contributed by atoms with Gasteiger partial charge >= 0.3 is 0 Å². The molecule has 0 bridgehead atoms. The Bertz CT molecular complexity index is 3740. The maximum atomic E-state index is 9.72.